The molecule has 4 aliphatic rings. The molecule has 9 rings (SSSR count). The zero-order valence-electron chi connectivity index (χ0n) is 34.1. The van der Waals surface area contributed by atoms with E-state index >= 15 is 0 Å². The van der Waals surface area contributed by atoms with Crippen molar-refractivity contribution in [2.24, 2.45) is 35.5 Å². The molecule has 0 radical (unpaired) electrons. The molecule has 1 heterocycles. The lowest BCUT2D eigenvalue weighted by atomic mass is 9.54. The van der Waals surface area contributed by atoms with E-state index in [1.54, 1.807) is 6.07 Å². The number of nitriles is 2. The van der Waals surface area contributed by atoms with Crippen LogP contribution in [0.15, 0.2) is 91.0 Å². The van der Waals surface area contributed by atoms with E-state index in [1.807, 2.05) is 36.4 Å². The molecule has 0 amide bonds. The second kappa shape index (κ2) is 15.0. The molecule has 5 nitrogen and oxygen atoms in total. The first-order chi connectivity index (χ1) is 27.6. The summed E-state index contributed by atoms with van der Waals surface area (Å²) in [7, 11) is 0. The molecule has 4 saturated carbocycles. The number of nitrogens with zero attached hydrogens (tertiary/aromatic N) is 5. The summed E-state index contributed by atoms with van der Waals surface area (Å²) in [6.07, 6.45) is 14.5. The molecule has 8 atom stereocenters. The Hall–Kier alpha value is -5.13. The normalized spacial score (nSPS) is 29.2. The minimum absolute atomic E-state index is 0.267. The van der Waals surface area contributed by atoms with Crippen LogP contribution in [0, 0.1) is 58.2 Å². The number of aromatic nitrogens is 3. The van der Waals surface area contributed by atoms with Crippen molar-refractivity contribution in [2.75, 3.05) is 0 Å². The quantitative estimate of drug-likeness (QED) is 0.165. The predicted octanol–water partition coefficient (Wildman–Crippen LogP) is 12.9. The van der Waals surface area contributed by atoms with Crippen molar-refractivity contribution in [1.82, 2.24) is 15.0 Å². The van der Waals surface area contributed by atoms with Gasteiger partial charge < -0.3 is 0 Å². The fraction of sp³-hybridized carbons (Fsp3) is 0.442. The van der Waals surface area contributed by atoms with Crippen LogP contribution in [-0.2, 0) is 10.8 Å². The van der Waals surface area contributed by atoms with Crippen LogP contribution in [0.25, 0.3) is 45.3 Å². The number of fused-ring (bicyclic) bond motifs is 4. The van der Waals surface area contributed by atoms with Crippen molar-refractivity contribution < 1.29 is 0 Å². The van der Waals surface area contributed by atoms with Gasteiger partial charge in [-0.05, 0) is 151 Å². The zero-order valence-corrected chi connectivity index (χ0v) is 34.1. The molecule has 4 aromatic carbocycles. The summed E-state index contributed by atoms with van der Waals surface area (Å²) in [6.45, 7) is 9.74. The Bertz CT molecular complexity index is 2290. The van der Waals surface area contributed by atoms with Crippen molar-refractivity contribution in [1.29, 1.82) is 10.5 Å². The van der Waals surface area contributed by atoms with Crippen LogP contribution >= 0.6 is 0 Å². The fourth-order valence-corrected chi connectivity index (χ4v) is 12.7. The molecule has 5 aromatic rings. The first-order valence-corrected chi connectivity index (χ1v) is 21.7. The molecule has 0 aliphatic heterocycles. The third kappa shape index (κ3) is 7.32. The van der Waals surface area contributed by atoms with Gasteiger partial charge in [0, 0.05) is 16.7 Å². The largest absolute Gasteiger partial charge is 0.208 e. The number of benzene rings is 4. The number of hydrogen-bond donors (Lipinski definition) is 0. The second-order valence-electron chi connectivity index (χ2n) is 19.1. The maximum absolute atomic E-state index is 9.57. The summed E-state index contributed by atoms with van der Waals surface area (Å²) in [5, 5.41) is 19.1. The standard InChI is InChI=1S/C52H55N5/c1-5-36-21-38-20-35(4)27-52(28-36,30-38)47-16-12-44(13-17-47)50-56-48(42-8-6-41(7-9-42)45-23-39(31-53)22-40(24-45)32-54)55-49(57-50)43-10-14-46(15-11-43)51-25-33(2)18-37(29-51)19-34(3)26-51/h6-17,22-24,33-38H,5,18-21,25-30H2,1-4H3/t33-,34+,35-,36+,37-,38-,51?,52?/m1/s1. The fourth-order valence-electron chi connectivity index (χ4n) is 12.7. The SMILES string of the molecule is CC[C@H]1C[C@H]2C[C@@H](C)CC(c3ccc(-c4nc(-c5ccc(-c6cc(C#N)cc(C#N)c6)cc5)nc(-c5ccc(C67C[C@H](C)C[C@H](C[C@H](C)C6)C7)cc5)n4)cc3)(C2)C1. The molecule has 0 N–H and O–H groups in total. The molecule has 1 aromatic heterocycles. The van der Waals surface area contributed by atoms with Gasteiger partial charge in [-0.1, -0.05) is 107 Å². The molecule has 4 fully saturated rings. The molecule has 2 unspecified atom stereocenters. The average molecular weight is 750 g/mol. The highest BCUT2D eigenvalue weighted by atomic mass is 15.0. The summed E-state index contributed by atoms with van der Waals surface area (Å²) in [5.74, 6) is 6.77. The van der Waals surface area contributed by atoms with Gasteiger partial charge in [0.15, 0.2) is 17.5 Å². The monoisotopic (exact) mass is 749 g/mol. The molecule has 0 saturated heterocycles. The maximum Gasteiger partial charge on any atom is 0.164 e. The van der Waals surface area contributed by atoms with Crippen molar-refractivity contribution >= 4 is 0 Å². The topological polar surface area (TPSA) is 86.2 Å². The lowest BCUT2D eigenvalue weighted by Crippen LogP contribution is -2.42. The van der Waals surface area contributed by atoms with Gasteiger partial charge in [0.05, 0.1) is 23.3 Å². The van der Waals surface area contributed by atoms with Crippen molar-refractivity contribution in [2.45, 2.75) is 109 Å². The van der Waals surface area contributed by atoms with Gasteiger partial charge >= 0.3 is 0 Å². The third-order valence-corrected chi connectivity index (χ3v) is 14.5. The van der Waals surface area contributed by atoms with Crippen LogP contribution < -0.4 is 0 Å². The van der Waals surface area contributed by atoms with Crippen LogP contribution in [0.3, 0.4) is 0 Å². The van der Waals surface area contributed by atoms with Crippen molar-refractivity contribution in [3.8, 4) is 57.4 Å². The van der Waals surface area contributed by atoms with Gasteiger partial charge in [-0.15, -0.1) is 0 Å². The summed E-state index contributed by atoms with van der Waals surface area (Å²) in [6, 6.07) is 36.2. The Kier molecular flexibility index (Phi) is 9.85. The number of hydrogen-bond acceptors (Lipinski definition) is 5. The van der Waals surface area contributed by atoms with Crippen molar-refractivity contribution in [3.63, 3.8) is 0 Å². The lowest BCUT2D eigenvalue weighted by Gasteiger charge is -2.51. The van der Waals surface area contributed by atoms with E-state index in [0.717, 1.165) is 63.3 Å². The minimum atomic E-state index is 0.267. The van der Waals surface area contributed by atoms with Gasteiger partial charge in [-0.25, -0.2) is 15.0 Å². The Labute approximate surface area is 339 Å². The smallest absolute Gasteiger partial charge is 0.164 e. The Morgan fingerprint density at radius 2 is 0.877 bits per heavy atom. The molecule has 288 valence electrons. The van der Waals surface area contributed by atoms with Gasteiger partial charge in [-0.2, -0.15) is 10.5 Å². The van der Waals surface area contributed by atoms with E-state index in [1.165, 1.54) is 81.8 Å². The molecule has 57 heavy (non-hydrogen) atoms. The average Bonchev–Trinajstić information content (AvgIpc) is 3.22. The Morgan fingerprint density at radius 3 is 1.30 bits per heavy atom. The maximum atomic E-state index is 9.57. The van der Waals surface area contributed by atoms with Crippen LogP contribution in [-0.4, -0.2) is 15.0 Å². The van der Waals surface area contributed by atoms with Crippen molar-refractivity contribution in [3.05, 3.63) is 113 Å². The molecular formula is C52H55N5. The lowest BCUT2D eigenvalue weighted by molar-refractivity contribution is 0.0702. The molecular weight excluding hydrogens is 695 g/mol. The Balaban J connectivity index is 1.09. The summed E-state index contributed by atoms with van der Waals surface area (Å²) < 4.78 is 0. The highest BCUT2D eigenvalue weighted by Crippen LogP contribution is 2.56. The van der Waals surface area contributed by atoms with E-state index in [2.05, 4.69) is 88.4 Å². The summed E-state index contributed by atoms with van der Waals surface area (Å²) in [5.41, 5.74) is 9.09. The third-order valence-electron chi connectivity index (χ3n) is 14.5. The Morgan fingerprint density at radius 1 is 0.491 bits per heavy atom. The van der Waals surface area contributed by atoms with Gasteiger partial charge in [-0.3, -0.25) is 0 Å². The highest BCUT2D eigenvalue weighted by molar-refractivity contribution is 5.72. The first-order valence-electron chi connectivity index (χ1n) is 21.7. The number of rotatable bonds is 7. The van der Waals surface area contributed by atoms with Gasteiger partial charge in [0.2, 0.25) is 0 Å². The van der Waals surface area contributed by atoms with Gasteiger partial charge in [0.1, 0.15) is 0 Å². The van der Waals surface area contributed by atoms with Crippen LogP contribution in [0.4, 0.5) is 0 Å². The zero-order chi connectivity index (χ0) is 39.3. The van der Waals surface area contributed by atoms with E-state index in [0.29, 0.717) is 28.6 Å². The molecule has 4 bridgehead atoms. The van der Waals surface area contributed by atoms with Crippen LogP contribution in [0.1, 0.15) is 121 Å². The van der Waals surface area contributed by atoms with E-state index in [9.17, 15) is 10.5 Å². The minimum Gasteiger partial charge on any atom is -0.208 e. The first kappa shape index (κ1) is 37.4. The van der Waals surface area contributed by atoms with E-state index in [-0.39, 0.29) is 10.8 Å². The second-order valence-corrected chi connectivity index (χ2v) is 19.1. The highest BCUT2D eigenvalue weighted by Gasteiger charge is 2.46. The summed E-state index contributed by atoms with van der Waals surface area (Å²) >= 11 is 0. The van der Waals surface area contributed by atoms with E-state index in [4.69, 9.17) is 15.0 Å². The van der Waals surface area contributed by atoms with Crippen LogP contribution in [0.2, 0.25) is 0 Å². The molecule has 0 spiro atoms. The predicted molar refractivity (Wildman–Crippen MR) is 229 cm³/mol. The summed E-state index contributed by atoms with van der Waals surface area (Å²) in [4.78, 5) is 15.5. The van der Waals surface area contributed by atoms with E-state index < -0.39 is 0 Å². The van der Waals surface area contributed by atoms with Crippen LogP contribution in [0.5, 0.6) is 0 Å². The molecule has 4 aliphatic carbocycles. The molecule has 5 heteroatoms. The van der Waals surface area contributed by atoms with Gasteiger partial charge in [0.25, 0.3) is 0 Å².